The normalized spacial score (nSPS) is 21.1. The van der Waals surface area contributed by atoms with Crippen LogP contribution in [-0.2, 0) is 0 Å². The van der Waals surface area contributed by atoms with E-state index < -0.39 is 0 Å². The summed E-state index contributed by atoms with van der Waals surface area (Å²) in [6.45, 7) is 3.38. The molecule has 0 aliphatic carbocycles. The van der Waals surface area contributed by atoms with Gasteiger partial charge in [0.1, 0.15) is 12.7 Å². The van der Waals surface area contributed by atoms with Crippen molar-refractivity contribution in [1.29, 1.82) is 0 Å². The lowest BCUT2D eigenvalue weighted by Crippen LogP contribution is -2.48. The van der Waals surface area contributed by atoms with Crippen LogP contribution in [0.5, 0.6) is 0 Å². The summed E-state index contributed by atoms with van der Waals surface area (Å²) in [5, 5.41) is 12.6. The SMILES string of the molecule is CCCC1CC(NC)CCN1c1c[nH]c2ccc(-n3cnnc3)cc12. The summed E-state index contributed by atoms with van der Waals surface area (Å²) in [6, 6.07) is 7.70. The highest BCUT2D eigenvalue weighted by Crippen LogP contribution is 2.34. The Morgan fingerprint density at radius 1 is 1.28 bits per heavy atom. The highest BCUT2D eigenvalue weighted by molar-refractivity contribution is 5.94. The summed E-state index contributed by atoms with van der Waals surface area (Å²) in [7, 11) is 2.08. The van der Waals surface area contributed by atoms with Gasteiger partial charge in [0.15, 0.2) is 0 Å². The molecule has 0 bridgehead atoms. The van der Waals surface area contributed by atoms with E-state index in [2.05, 4.69) is 63.8 Å². The molecule has 0 saturated carbocycles. The predicted octanol–water partition coefficient (Wildman–Crippen LogP) is 3.11. The number of rotatable bonds is 5. The number of fused-ring (bicyclic) bond motifs is 1. The summed E-state index contributed by atoms with van der Waals surface area (Å²) in [5.74, 6) is 0. The maximum Gasteiger partial charge on any atom is 0.123 e. The van der Waals surface area contributed by atoms with E-state index in [9.17, 15) is 0 Å². The molecule has 1 saturated heterocycles. The number of hydrogen-bond acceptors (Lipinski definition) is 4. The molecule has 0 amide bonds. The number of anilines is 1. The molecule has 3 heterocycles. The van der Waals surface area contributed by atoms with Gasteiger partial charge in [0, 0.05) is 41.4 Å². The molecule has 0 radical (unpaired) electrons. The standard InChI is InChI=1S/C19H26N6/c1-3-4-16-9-14(20-2)7-8-25(16)19-11-21-18-6-5-15(10-17(18)19)24-12-22-23-13-24/h5-6,10-14,16,20-21H,3-4,7-9H2,1-2H3. The van der Waals surface area contributed by atoms with Gasteiger partial charge in [-0.1, -0.05) is 13.3 Å². The molecular formula is C19H26N6. The lowest BCUT2D eigenvalue weighted by Gasteiger charge is -2.41. The zero-order chi connectivity index (χ0) is 17.2. The molecular weight excluding hydrogens is 312 g/mol. The van der Waals surface area contributed by atoms with E-state index in [0.29, 0.717) is 12.1 Å². The average molecular weight is 338 g/mol. The van der Waals surface area contributed by atoms with Crippen LogP contribution >= 0.6 is 0 Å². The Hall–Kier alpha value is -2.34. The predicted molar refractivity (Wildman–Crippen MR) is 101 cm³/mol. The first-order valence-electron chi connectivity index (χ1n) is 9.20. The van der Waals surface area contributed by atoms with E-state index in [1.165, 1.54) is 42.3 Å². The Labute approximate surface area is 148 Å². The van der Waals surface area contributed by atoms with Crippen LogP contribution in [-0.4, -0.2) is 45.4 Å². The fourth-order valence-electron chi connectivity index (χ4n) is 4.06. The van der Waals surface area contributed by atoms with Crippen LogP contribution in [0.25, 0.3) is 16.6 Å². The van der Waals surface area contributed by atoms with Crippen molar-refractivity contribution in [2.75, 3.05) is 18.5 Å². The molecule has 3 aromatic rings. The molecule has 1 aromatic carbocycles. The first-order chi connectivity index (χ1) is 12.3. The number of H-pyrrole nitrogens is 1. The van der Waals surface area contributed by atoms with E-state index in [0.717, 1.165) is 12.2 Å². The minimum absolute atomic E-state index is 0.591. The number of benzene rings is 1. The second kappa shape index (κ2) is 6.88. The molecule has 2 unspecified atom stereocenters. The minimum atomic E-state index is 0.591. The fraction of sp³-hybridized carbons (Fsp3) is 0.474. The van der Waals surface area contributed by atoms with Gasteiger partial charge in [0.2, 0.25) is 0 Å². The Bertz CT molecular complexity index is 822. The van der Waals surface area contributed by atoms with Crippen LogP contribution in [0, 0.1) is 0 Å². The lowest BCUT2D eigenvalue weighted by atomic mass is 9.93. The summed E-state index contributed by atoms with van der Waals surface area (Å²) in [5.41, 5.74) is 3.59. The highest BCUT2D eigenvalue weighted by Gasteiger charge is 2.28. The number of hydrogen-bond donors (Lipinski definition) is 2. The molecule has 25 heavy (non-hydrogen) atoms. The van der Waals surface area contributed by atoms with Gasteiger partial charge < -0.3 is 15.2 Å². The van der Waals surface area contributed by atoms with Gasteiger partial charge in [-0.25, -0.2) is 0 Å². The third kappa shape index (κ3) is 3.02. The lowest BCUT2D eigenvalue weighted by molar-refractivity contribution is 0.359. The molecule has 2 aromatic heterocycles. The van der Waals surface area contributed by atoms with Crippen LogP contribution < -0.4 is 10.2 Å². The first-order valence-corrected chi connectivity index (χ1v) is 9.20. The Kier molecular flexibility index (Phi) is 4.44. The molecule has 1 fully saturated rings. The van der Waals surface area contributed by atoms with Crippen LogP contribution in [0.4, 0.5) is 5.69 Å². The van der Waals surface area contributed by atoms with E-state index in [-0.39, 0.29) is 0 Å². The third-order valence-electron chi connectivity index (χ3n) is 5.42. The smallest absolute Gasteiger partial charge is 0.123 e. The van der Waals surface area contributed by atoms with E-state index in [1.807, 2.05) is 4.57 Å². The van der Waals surface area contributed by atoms with Crippen molar-refractivity contribution in [3.05, 3.63) is 37.1 Å². The van der Waals surface area contributed by atoms with Crippen LogP contribution in [0.2, 0.25) is 0 Å². The second-order valence-corrected chi connectivity index (χ2v) is 6.92. The molecule has 0 spiro atoms. The van der Waals surface area contributed by atoms with E-state index >= 15 is 0 Å². The summed E-state index contributed by atoms with van der Waals surface area (Å²) < 4.78 is 1.95. The Morgan fingerprint density at radius 3 is 2.88 bits per heavy atom. The number of nitrogens with one attached hydrogen (secondary N) is 2. The zero-order valence-corrected chi connectivity index (χ0v) is 14.9. The number of nitrogens with zero attached hydrogens (tertiary/aromatic N) is 4. The van der Waals surface area contributed by atoms with Gasteiger partial charge in [-0.3, -0.25) is 4.57 Å². The maximum absolute atomic E-state index is 3.92. The summed E-state index contributed by atoms with van der Waals surface area (Å²) in [6.07, 6.45) is 10.5. The van der Waals surface area contributed by atoms with Crippen molar-refractivity contribution >= 4 is 16.6 Å². The van der Waals surface area contributed by atoms with E-state index in [4.69, 9.17) is 0 Å². The van der Waals surface area contributed by atoms with Crippen molar-refractivity contribution in [3.8, 4) is 5.69 Å². The quantitative estimate of drug-likeness (QED) is 0.750. The van der Waals surface area contributed by atoms with Gasteiger partial charge in [-0.15, -0.1) is 10.2 Å². The van der Waals surface area contributed by atoms with Gasteiger partial charge >= 0.3 is 0 Å². The van der Waals surface area contributed by atoms with Crippen molar-refractivity contribution in [2.24, 2.45) is 0 Å². The molecule has 1 aliphatic rings. The summed E-state index contributed by atoms with van der Waals surface area (Å²) in [4.78, 5) is 6.05. The molecule has 1 aliphatic heterocycles. The minimum Gasteiger partial charge on any atom is -0.367 e. The largest absolute Gasteiger partial charge is 0.367 e. The fourth-order valence-corrected chi connectivity index (χ4v) is 4.06. The maximum atomic E-state index is 3.92. The molecule has 2 atom stereocenters. The zero-order valence-electron chi connectivity index (χ0n) is 14.9. The van der Waals surface area contributed by atoms with Crippen LogP contribution in [0.1, 0.15) is 32.6 Å². The molecule has 2 N–H and O–H groups in total. The first kappa shape index (κ1) is 16.1. The third-order valence-corrected chi connectivity index (χ3v) is 5.42. The van der Waals surface area contributed by atoms with E-state index in [1.54, 1.807) is 12.7 Å². The second-order valence-electron chi connectivity index (χ2n) is 6.92. The molecule has 4 rings (SSSR count). The Morgan fingerprint density at radius 2 is 2.12 bits per heavy atom. The monoisotopic (exact) mass is 338 g/mol. The van der Waals surface area contributed by atoms with Gasteiger partial charge in [0.05, 0.1) is 5.69 Å². The Balaban J connectivity index is 1.71. The van der Waals surface area contributed by atoms with Crippen LogP contribution in [0.3, 0.4) is 0 Å². The molecule has 132 valence electrons. The summed E-state index contributed by atoms with van der Waals surface area (Å²) >= 11 is 0. The molecule has 6 heteroatoms. The van der Waals surface area contributed by atoms with Gasteiger partial charge in [-0.2, -0.15) is 0 Å². The van der Waals surface area contributed by atoms with Crippen molar-refractivity contribution in [3.63, 3.8) is 0 Å². The number of aromatic nitrogens is 4. The van der Waals surface area contributed by atoms with Crippen molar-refractivity contribution in [1.82, 2.24) is 25.1 Å². The number of aromatic amines is 1. The van der Waals surface area contributed by atoms with Gasteiger partial charge in [-0.05, 0) is 44.5 Å². The number of piperidine rings is 1. The molecule has 6 nitrogen and oxygen atoms in total. The van der Waals surface area contributed by atoms with Crippen molar-refractivity contribution in [2.45, 2.75) is 44.7 Å². The topological polar surface area (TPSA) is 61.8 Å². The highest BCUT2D eigenvalue weighted by atomic mass is 15.2. The van der Waals surface area contributed by atoms with Crippen LogP contribution in [0.15, 0.2) is 37.1 Å². The van der Waals surface area contributed by atoms with Gasteiger partial charge in [0.25, 0.3) is 0 Å². The average Bonchev–Trinajstić information content (AvgIpc) is 3.31. The van der Waals surface area contributed by atoms with Crippen molar-refractivity contribution < 1.29 is 0 Å².